The molecular weight excluding hydrogens is 292 g/mol. The van der Waals surface area contributed by atoms with Crippen LogP contribution in [-0.4, -0.2) is 56.6 Å². The smallest absolute Gasteiger partial charge is 0.204 e. The predicted molar refractivity (Wildman–Crippen MR) is 82.8 cm³/mol. The maximum absolute atomic E-state index is 11.6. The topological polar surface area (TPSA) is 84.4 Å². The van der Waals surface area contributed by atoms with Crippen LogP contribution in [0, 0.1) is 0 Å². The number of nitrogens with one attached hydrogen (secondary N) is 1. The van der Waals surface area contributed by atoms with Gasteiger partial charge in [0.1, 0.15) is 6.33 Å². The highest BCUT2D eigenvalue weighted by Gasteiger charge is 2.32. The SMILES string of the molecule is CCCNc1ncnc(N(C)C2CCS(=O)(=O)C2)c1OC. The Kier molecular flexibility index (Phi) is 4.87. The molecule has 0 aromatic carbocycles. The summed E-state index contributed by atoms with van der Waals surface area (Å²) in [6.45, 7) is 2.85. The Labute approximate surface area is 125 Å². The number of hydrogen-bond donors (Lipinski definition) is 1. The van der Waals surface area contributed by atoms with Gasteiger partial charge in [0.05, 0.1) is 18.6 Å². The Morgan fingerprint density at radius 2 is 2.24 bits per heavy atom. The highest BCUT2D eigenvalue weighted by molar-refractivity contribution is 7.91. The molecule has 21 heavy (non-hydrogen) atoms. The molecule has 1 saturated heterocycles. The molecule has 1 aliphatic heterocycles. The predicted octanol–water partition coefficient (Wildman–Crippen LogP) is 0.930. The molecule has 1 fully saturated rings. The highest BCUT2D eigenvalue weighted by Crippen LogP contribution is 2.33. The van der Waals surface area contributed by atoms with Crippen molar-refractivity contribution in [1.82, 2.24) is 9.97 Å². The molecule has 118 valence electrons. The van der Waals surface area contributed by atoms with Crippen LogP contribution < -0.4 is 15.0 Å². The molecule has 7 nitrogen and oxygen atoms in total. The van der Waals surface area contributed by atoms with Gasteiger partial charge in [-0.2, -0.15) is 0 Å². The molecule has 1 aliphatic rings. The van der Waals surface area contributed by atoms with Gasteiger partial charge in [0.25, 0.3) is 0 Å². The molecule has 2 heterocycles. The first kappa shape index (κ1) is 15.8. The molecule has 1 aromatic heterocycles. The summed E-state index contributed by atoms with van der Waals surface area (Å²) < 4.78 is 28.7. The lowest BCUT2D eigenvalue weighted by atomic mass is 10.2. The number of nitrogens with zero attached hydrogens (tertiary/aromatic N) is 3. The van der Waals surface area contributed by atoms with Crippen LogP contribution >= 0.6 is 0 Å². The largest absolute Gasteiger partial charge is 0.490 e. The van der Waals surface area contributed by atoms with Crippen molar-refractivity contribution < 1.29 is 13.2 Å². The van der Waals surface area contributed by atoms with E-state index < -0.39 is 9.84 Å². The number of methoxy groups -OCH3 is 1. The number of ether oxygens (including phenoxy) is 1. The van der Waals surface area contributed by atoms with Gasteiger partial charge in [-0.3, -0.25) is 0 Å². The third-order valence-corrected chi connectivity index (χ3v) is 5.37. The van der Waals surface area contributed by atoms with Gasteiger partial charge in [0.2, 0.25) is 5.75 Å². The lowest BCUT2D eigenvalue weighted by Gasteiger charge is -2.26. The zero-order valence-electron chi connectivity index (χ0n) is 12.7. The summed E-state index contributed by atoms with van der Waals surface area (Å²) in [5, 5.41) is 3.19. The van der Waals surface area contributed by atoms with E-state index in [-0.39, 0.29) is 17.5 Å². The van der Waals surface area contributed by atoms with Crippen LogP contribution in [0.25, 0.3) is 0 Å². The number of rotatable bonds is 6. The monoisotopic (exact) mass is 314 g/mol. The van der Waals surface area contributed by atoms with E-state index in [9.17, 15) is 8.42 Å². The summed E-state index contributed by atoms with van der Waals surface area (Å²) in [5.74, 6) is 2.20. The van der Waals surface area contributed by atoms with Gasteiger partial charge >= 0.3 is 0 Å². The Morgan fingerprint density at radius 3 is 2.81 bits per heavy atom. The fourth-order valence-corrected chi connectivity index (χ4v) is 4.20. The fraction of sp³-hybridized carbons (Fsp3) is 0.692. The standard InChI is InChI=1S/C13H22N4O3S/c1-4-6-14-12-11(20-3)13(16-9-15-12)17(2)10-5-7-21(18,19)8-10/h9-10H,4-8H2,1-3H3,(H,14,15,16). The Bertz CT molecular complexity index is 591. The average molecular weight is 314 g/mol. The second-order valence-electron chi connectivity index (χ2n) is 5.17. The van der Waals surface area contributed by atoms with Crippen molar-refractivity contribution in [3.8, 4) is 5.75 Å². The van der Waals surface area contributed by atoms with Crippen LogP contribution in [0.3, 0.4) is 0 Å². The molecule has 0 amide bonds. The molecule has 1 unspecified atom stereocenters. The van der Waals surface area contributed by atoms with E-state index in [2.05, 4.69) is 22.2 Å². The van der Waals surface area contributed by atoms with Crippen molar-refractivity contribution in [3.63, 3.8) is 0 Å². The molecule has 0 spiro atoms. The molecule has 2 rings (SSSR count). The van der Waals surface area contributed by atoms with Crippen molar-refractivity contribution in [1.29, 1.82) is 0 Å². The minimum absolute atomic E-state index is 0.0715. The van der Waals surface area contributed by atoms with Crippen molar-refractivity contribution in [2.24, 2.45) is 0 Å². The van der Waals surface area contributed by atoms with E-state index in [1.807, 2.05) is 11.9 Å². The average Bonchev–Trinajstić information content (AvgIpc) is 2.84. The van der Waals surface area contributed by atoms with Crippen LogP contribution in [0.1, 0.15) is 19.8 Å². The van der Waals surface area contributed by atoms with Crippen LogP contribution in [0.15, 0.2) is 6.33 Å². The molecular formula is C13H22N4O3S. The van der Waals surface area contributed by atoms with Gasteiger partial charge in [-0.15, -0.1) is 0 Å². The first-order valence-electron chi connectivity index (χ1n) is 7.04. The van der Waals surface area contributed by atoms with E-state index in [0.717, 1.165) is 13.0 Å². The van der Waals surface area contributed by atoms with E-state index in [0.29, 0.717) is 23.8 Å². The van der Waals surface area contributed by atoms with Crippen molar-refractivity contribution in [2.45, 2.75) is 25.8 Å². The number of sulfone groups is 1. The number of aromatic nitrogens is 2. The summed E-state index contributed by atoms with van der Waals surface area (Å²) >= 11 is 0. The minimum Gasteiger partial charge on any atom is -0.490 e. The summed E-state index contributed by atoms with van der Waals surface area (Å²) in [5.41, 5.74) is 0. The number of hydrogen-bond acceptors (Lipinski definition) is 7. The van der Waals surface area contributed by atoms with Gasteiger partial charge in [0, 0.05) is 19.6 Å². The molecule has 0 aliphatic carbocycles. The molecule has 1 atom stereocenters. The maximum atomic E-state index is 11.6. The molecule has 0 saturated carbocycles. The molecule has 8 heteroatoms. The second kappa shape index (κ2) is 6.46. The van der Waals surface area contributed by atoms with E-state index in [4.69, 9.17) is 4.74 Å². The quantitative estimate of drug-likeness (QED) is 0.836. The minimum atomic E-state index is -2.93. The maximum Gasteiger partial charge on any atom is 0.204 e. The second-order valence-corrected chi connectivity index (χ2v) is 7.40. The van der Waals surface area contributed by atoms with Gasteiger partial charge in [-0.1, -0.05) is 6.92 Å². The van der Waals surface area contributed by atoms with E-state index in [1.165, 1.54) is 6.33 Å². The van der Waals surface area contributed by atoms with Gasteiger partial charge in [-0.25, -0.2) is 18.4 Å². The molecule has 1 aromatic rings. The van der Waals surface area contributed by atoms with Crippen molar-refractivity contribution in [2.75, 3.05) is 42.4 Å². The zero-order valence-corrected chi connectivity index (χ0v) is 13.5. The lowest BCUT2D eigenvalue weighted by molar-refractivity contribution is 0.411. The fourth-order valence-electron chi connectivity index (χ4n) is 2.43. The van der Waals surface area contributed by atoms with Crippen LogP contribution in [-0.2, 0) is 9.84 Å². The van der Waals surface area contributed by atoms with Gasteiger partial charge < -0.3 is 15.0 Å². The molecule has 0 bridgehead atoms. The van der Waals surface area contributed by atoms with Crippen LogP contribution in [0.4, 0.5) is 11.6 Å². The van der Waals surface area contributed by atoms with Gasteiger partial charge in [-0.05, 0) is 12.8 Å². The summed E-state index contributed by atoms with van der Waals surface area (Å²) in [7, 11) is 0.481. The molecule has 0 radical (unpaired) electrons. The van der Waals surface area contributed by atoms with E-state index in [1.54, 1.807) is 7.11 Å². The third kappa shape index (κ3) is 3.55. The molecule has 1 N–H and O–H groups in total. The van der Waals surface area contributed by atoms with Crippen LogP contribution in [0.2, 0.25) is 0 Å². The van der Waals surface area contributed by atoms with Crippen molar-refractivity contribution >= 4 is 21.5 Å². The Morgan fingerprint density at radius 1 is 1.48 bits per heavy atom. The first-order chi connectivity index (χ1) is 9.98. The summed E-state index contributed by atoms with van der Waals surface area (Å²) in [6, 6.07) is -0.0715. The first-order valence-corrected chi connectivity index (χ1v) is 8.86. The normalized spacial score (nSPS) is 20.2. The Balaban J connectivity index is 2.26. The highest BCUT2D eigenvalue weighted by atomic mass is 32.2. The summed E-state index contributed by atoms with van der Waals surface area (Å²) in [4.78, 5) is 10.3. The third-order valence-electron chi connectivity index (χ3n) is 3.62. The van der Waals surface area contributed by atoms with Gasteiger partial charge in [0.15, 0.2) is 21.5 Å². The summed E-state index contributed by atoms with van der Waals surface area (Å²) in [6.07, 6.45) is 3.05. The van der Waals surface area contributed by atoms with Crippen molar-refractivity contribution in [3.05, 3.63) is 6.33 Å². The Hall–Kier alpha value is -1.57. The van der Waals surface area contributed by atoms with Crippen LogP contribution in [0.5, 0.6) is 5.75 Å². The van der Waals surface area contributed by atoms with E-state index >= 15 is 0 Å². The number of anilines is 2. The zero-order chi connectivity index (χ0) is 15.5. The lowest BCUT2D eigenvalue weighted by Crippen LogP contribution is -2.33.